The lowest BCUT2D eigenvalue weighted by atomic mass is 10.2. The Morgan fingerprint density at radius 3 is 2.18 bits per heavy atom. The number of hydrogen-bond acceptors (Lipinski definition) is 8. The van der Waals surface area contributed by atoms with Crippen LogP contribution in [0.1, 0.15) is 16.1 Å². The lowest BCUT2D eigenvalue weighted by molar-refractivity contribution is 0.0463. The summed E-state index contributed by atoms with van der Waals surface area (Å²) in [5.41, 5.74) is -0.477. The first-order valence-electron chi connectivity index (χ1n) is 9.63. The number of benzene rings is 2. The van der Waals surface area contributed by atoms with Crippen molar-refractivity contribution < 1.29 is 19.0 Å². The van der Waals surface area contributed by atoms with E-state index >= 15 is 0 Å². The molecule has 4 rings (SSSR count). The topological polar surface area (TPSA) is 150 Å². The molecule has 0 fully saturated rings. The summed E-state index contributed by atoms with van der Waals surface area (Å²) in [6.45, 7) is -0.147. The standard InChI is InChI=1S/C21H19N5O7/c1-25-14-9-16(32-3)15(31-2)8-13(14)22-17(18(25)27)19(28)33-10-11-4-6-12(7-5-11)26-20(29)23-24-21(26)30/h4-9H,10H2,1-3H3,(H,23,29)(H,24,30). The minimum Gasteiger partial charge on any atom is -0.493 e. The van der Waals surface area contributed by atoms with E-state index in [4.69, 9.17) is 14.2 Å². The number of aromatic nitrogens is 5. The number of esters is 1. The van der Waals surface area contributed by atoms with Crippen molar-refractivity contribution >= 4 is 17.0 Å². The van der Waals surface area contributed by atoms with E-state index in [1.165, 1.54) is 38.0 Å². The molecule has 0 saturated carbocycles. The third kappa shape index (κ3) is 3.89. The summed E-state index contributed by atoms with van der Waals surface area (Å²) in [5, 5.41) is 4.38. The van der Waals surface area contributed by atoms with E-state index in [0.29, 0.717) is 33.8 Å². The molecule has 4 aromatic rings. The number of methoxy groups -OCH3 is 2. The van der Waals surface area contributed by atoms with Gasteiger partial charge in [-0.05, 0) is 17.7 Å². The van der Waals surface area contributed by atoms with Gasteiger partial charge < -0.3 is 18.8 Å². The fourth-order valence-corrected chi connectivity index (χ4v) is 3.29. The Hall–Kier alpha value is -4.61. The fourth-order valence-electron chi connectivity index (χ4n) is 3.29. The summed E-state index contributed by atoms with van der Waals surface area (Å²) in [6.07, 6.45) is 0. The largest absolute Gasteiger partial charge is 0.493 e. The molecule has 170 valence electrons. The number of aromatic amines is 2. The van der Waals surface area contributed by atoms with Crippen LogP contribution in [0.15, 0.2) is 50.8 Å². The molecule has 2 aromatic carbocycles. The van der Waals surface area contributed by atoms with Crippen LogP contribution >= 0.6 is 0 Å². The van der Waals surface area contributed by atoms with E-state index in [1.807, 2.05) is 0 Å². The number of hydrogen-bond donors (Lipinski definition) is 2. The zero-order chi connectivity index (χ0) is 23.7. The van der Waals surface area contributed by atoms with Crippen molar-refractivity contribution in [1.82, 2.24) is 24.3 Å². The number of nitrogens with zero attached hydrogens (tertiary/aromatic N) is 3. The first kappa shape index (κ1) is 21.6. The molecule has 0 amide bonds. The zero-order valence-electron chi connectivity index (χ0n) is 17.9. The van der Waals surface area contributed by atoms with E-state index in [0.717, 1.165) is 4.57 Å². The van der Waals surface area contributed by atoms with Crippen LogP contribution in [0.5, 0.6) is 11.5 Å². The van der Waals surface area contributed by atoms with Crippen molar-refractivity contribution in [3.63, 3.8) is 0 Å². The van der Waals surface area contributed by atoms with Crippen LogP contribution in [0.2, 0.25) is 0 Å². The van der Waals surface area contributed by atoms with Crippen LogP contribution in [0.4, 0.5) is 0 Å². The van der Waals surface area contributed by atoms with Crippen LogP contribution in [-0.4, -0.2) is 44.5 Å². The van der Waals surface area contributed by atoms with Gasteiger partial charge in [-0.1, -0.05) is 12.1 Å². The van der Waals surface area contributed by atoms with Gasteiger partial charge in [-0.3, -0.25) is 4.79 Å². The molecular weight excluding hydrogens is 434 g/mol. The van der Waals surface area contributed by atoms with Gasteiger partial charge in [0.2, 0.25) is 5.69 Å². The molecule has 0 bridgehead atoms. The smallest absolute Gasteiger partial charge is 0.363 e. The van der Waals surface area contributed by atoms with Gasteiger partial charge in [-0.15, -0.1) is 0 Å². The molecule has 0 unspecified atom stereocenters. The van der Waals surface area contributed by atoms with Gasteiger partial charge in [0.15, 0.2) is 11.5 Å². The maximum absolute atomic E-state index is 12.7. The number of H-pyrrole nitrogens is 2. The Kier molecular flexibility index (Phi) is 5.56. The molecular formula is C21H19N5O7. The van der Waals surface area contributed by atoms with Gasteiger partial charge in [0.1, 0.15) is 6.61 Å². The summed E-state index contributed by atoms with van der Waals surface area (Å²) < 4.78 is 18.0. The second-order valence-corrected chi connectivity index (χ2v) is 6.96. The van der Waals surface area contributed by atoms with E-state index in [2.05, 4.69) is 15.2 Å². The molecule has 0 aliphatic heterocycles. The predicted molar refractivity (Wildman–Crippen MR) is 116 cm³/mol. The number of ether oxygens (including phenoxy) is 3. The predicted octanol–water partition coefficient (Wildman–Crippen LogP) is 0.475. The van der Waals surface area contributed by atoms with Gasteiger partial charge in [0.25, 0.3) is 5.56 Å². The maximum Gasteiger partial charge on any atom is 0.363 e. The quantitative estimate of drug-likeness (QED) is 0.400. The number of fused-ring (bicyclic) bond motifs is 1. The lowest BCUT2D eigenvalue weighted by Crippen LogP contribution is -2.27. The van der Waals surface area contributed by atoms with Crippen molar-refractivity contribution in [2.24, 2.45) is 7.05 Å². The molecule has 0 atom stereocenters. The monoisotopic (exact) mass is 453 g/mol. The molecule has 2 aromatic heterocycles. The summed E-state index contributed by atoms with van der Waals surface area (Å²) >= 11 is 0. The Morgan fingerprint density at radius 2 is 1.58 bits per heavy atom. The summed E-state index contributed by atoms with van der Waals surface area (Å²) in [6, 6.07) is 9.39. The van der Waals surface area contributed by atoms with Gasteiger partial charge >= 0.3 is 17.3 Å². The van der Waals surface area contributed by atoms with E-state index in [-0.39, 0.29) is 12.3 Å². The average Bonchev–Trinajstić information content (AvgIpc) is 3.17. The Bertz CT molecular complexity index is 1500. The molecule has 2 heterocycles. The molecule has 0 aliphatic carbocycles. The maximum atomic E-state index is 12.7. The Morgan fingerprint density at radius 1 is 0.970 bits per heavy atom. The second-order valence-electron chi connectivity index (χ2n) is 6.96. The highest BCUT2D eigenvalue weighted by atomic mass is 16.5. The van der Waals surface area contributed by atoms with Crippen molar-refractivity contribution in [2.45, 2.75) is 6.61 Å². The molecule has 33 heavy (non-hydrogen) atoms. The molecule has 0 spiro atoms. The number of aryl methyl sites for hydroxylation is 1. The first-order valence-corrected chi connectivity index (χ1v) is 9.63. The van der Waals surface area contributed by atoms with Crippen molar-refractivity contribution in [1.29, 1.82) is 0 Å². The highest BCUT2D eigenvalue weighted by Crippen LogP contribution is 2.30. The van der Waals surface area contributed by atoms with Gasteiger partial charge in [0.05, 0.1) is 30.9 Å². The summed E-state index contributed by atoms with van der Waals surface area (Å²) in [5.74, 6) is -0.0740. The normalized spacial score (nSPS) is 10.9. The second kappa shape index (κ2) is 8.49. The number of carbonyl (C=O) groups is 1. The first-order chi connectivity index (χ1) is 15.8. The summed E-state index contributed by atoms with van der Waals surface area (Å²) in [4.78, 5) is 52.8. The van der Waals surface area contributed by atoms with Crippen molar-refractivity contribution in [3.8, 4) is 17.2 Å². The van der Waals surface area contributed by atoms with Crippen LogP contribution in [0, 0.1) is 0 Å². The molecule has 0 radical (unpaired) electrons. The van der Waals surface area contributed by atoms with E-state index in [9.17, 15) is 19.2 Å². The molecule has 12 nitrogen and oxygen atoms in total. The van der Waals surface area contributed by atoms with E-state index in [1.54, 1.807) is 24.3 Å². The third-order valence-corrected chi connectivity index (χ3v) is 5.02. The minimum atomic E-state index is -0.894. The SMILES string of the molecule is COc1cc2nc(C(=O)OCc3ccc(-n4c(=O)[nH][nH]c4=O)cc3)c(=O)n(C)c2cc1OC. The zero-order valence-corrected chi connectivity index (χ0v) is 17.9. The molecule has 12 heteroatoms. The van der Waals surface area contributed by atoms with Gasteiger partial charge in [-0.25, -0.2) is 34.1 Å². The van der Waals surface area contributed by atoms with Crippen LogP contribution in [0.25, 0.3) is 16.7 Å². The van der Waals surface area contributed by atoms with Crippen LogP contribution < -0.4 is 26.4 Å². The van der Waals surface area contributed by atoms with Crippen LogP contribution in [-0.2, 0) is 18.4 Å². The minimum absolute atomic E-state index is 0.147. The lowest BCUT2D eigenvalue weighted by Gasteiger charge is -2.12. The van der Waals surface area contributed by atoms with Gasteiger partial charge in [-0.2, -0.15) is 0 Å². The fraction of sp³-hybridized carbons (Fsp3) is 0.190. The van der Waals surface area contributed by atoms with Gasteiger partial charge in [0, 0.05) is 19.2 Å². The van der Waals surface area contributed by atoms with E-state index < -0.39 is 22.9 Å². The molecule has 2 N–H and O–H groups in total. The Labute approximate surface area is 185 Å². The Balaban J connectivity index is 1.58. The van der Waals surface area contributed by atoms with Crippen molar-refractivity contribution in [3.05, 3.63) is 79.0 Å². The highest BCUT2D eigenvalue weighted by Gasteiger charge is 2.19. The van der Waals surface area contributed by atoms with Crippen LogP contribution in [0.3, 0.4) is 0 Å². The van der Waals surface area contributed by atoms with Crippen molar-refractivity contribution in [2.75, 3.05) is 14.2 Å². The molecule has 0 aliphatic rings. The highest BCUT2D eigenvalue weighted by molar-refractivity contribution is 5.90. The summed E-state index contributed by atoms with van der Waals surface area (Å²) in [7, 11) is 4.45. The number of rotatable bonds is 6. The number of nitrogens with one attached hydrogen (secondary N) is 2. The average molecular weight is 453 g/mol. The molecule has 0 saturated heterocycles. The number of carbonyl (C=O) groups excluding carboxylic acids is 1. The third-order valence-electron chi connectivity index (χ3n) is 5.02.